The Bertz CT molecular complexity index is 1090. The molecule has 0 fully saturated rings. The molecule has 0 saturated heterocycles. The second-order valence-corrected chi connectivity index (χ2v) is 8.64. The molecule has 0 radical (unpaired) electrons. The first-order valence-electron chi connectivity index (χ1n) is 8.36. The molecule has 0 saturated carbocycles. The minimum atomic E-state index is -3.61. The SMILES string of the molecule is CN(C)S(=O)(=O)NCc1nc(NCc2ccc(F)cc2)c2ccc(Cl)cc2n1. The highest BCUT2D eigenvalue weighted by atomic mass is 35.5. The summed E-state index contributed by atoms with van der Waals surface area (Å²) in [5, 5.41) is 4.45. The van der Waals surface area contributed by atoms with Crippen LogP contribution in [0.25, 0.3) is 10.9 Å². The highest BCUT2D eigenvalue weighted by Gasteiger charge is 2.15. The van der Waals surface area contributed by atoms with Gasteiger partial charge in [-0.05, 0) is 35.9 Å². The summed E-state index contributed by atoms with van der Waals surface area (Å²) in [7, 11) is -0.749. The van der Waals surface area contributed by atoms with Crippen LogP contribution in [0.3, 0.4) is 0 Å². The van der Waals surface area contributed by atoms with E-state index in [0.717, 1.165) is 15.3 Å². The van der Waals surface area contributed by atoms with Gasteiger partial charge in [-0.2, -0.15) is 17.4 Å². The molecule has 3 aromatic rings. The number of fused-ring (bicyclic) bond motifs is 1. The van der Waals surface area contributed by atoms with Gasteiger partial charge in [0.15, 0.2) is 0 Å². The van der Waals surface area contributed by atoms with Crippen LogP contribution in [0, 0.1) is 5.82 Å². The standard InChI is InChI=1S/C18H19ClFN5O2S/c1-25(2)28(26,27)22-11-17-23-16-9-13(19)5-8-15(16)18(24-17)21-10-12-3-6-14(20)7-4-12/h3-9,22H,10-11H2,1-2H3,(H,21,23,24). The Labute approximate surface area is 167 Å². The van der Waals surface area contributed by atoms with Gasteiger partial charge in [-0.25, -0.2) is 14.4 Å². The summed E-state index contributed by atoms with van der Waals surface area (Å²) in [4.78, 5) is 8.84. The number of aromatic nitrogens is 2. The Kier molecular flexibility index (Phi) is 6.09. The molecule has 2 N–H and O–H groups in total. The van der Waals surface area contributed by atoms with Gasteiger partial charge in [0, 0.05) is 31.0 Å². The number of halogens is 2. The minimum absolute atomic E-state index is 0.0752. The van der Waals surface area contributed by atoms with Gasteiger partial charge >= 0.3 is 0 Å². The molecule has 1 aromatic heterocycles. The van der Waals surface area contributed by atoms with Crippen molar-refractivity contribution in [2.75, 3.05) is 19.4 Å². The van der Waals surface area contributed by atoms with Crippen LogP contribution in [0.15, 0.2) is 42.5 Å². The Balaban J connectivity index is 1.89. The van der Waals surface area contributed by atoms with Crippen LogP contribution in [0.4, 0.5) is 10.2 Å². The van der Waals surface area contributed by atoms with Gasteiger partial charge in [0.05, 0.1) is 12.1 Å². The molecule has 1 heterocycles. The Morgan fingerprint density at radius 2 is 1.79 bits per heavy atom. The van der Waals surface area contributed by atoms with Crippen LogP contribution in [0.2, 0.25) is 5.02 Å². The van der Waals surface area contributed by atoms with E-state index >= 15 is 0 Å². The molecule has 0 aliphatic carbocycles. The van der Waals surface area contributed by atoms with E-state index in [9.17, 15) is 12.8 Å². The third kappa shape index (κ3) is 4.93. The van der Waals surface area contributed by atoms with Gasteiger partial charge in [0.1, 0.15) is 17.5 Å². The molecule has 0 unspecified atom stereocenters. The van der Waals surface area contributed by atoms with Crippen LogP contribution in [-0.2, 0) is 23.3 Å². The highest BCUT2D eigenvalue weighted by Crippen LogP contribution is 2.24. The van der Waals surface area contributed by atoms with E-state index in [1.54, 1.807) is 30.3 Å². The predicted octanol–water partition coefficient (Wildman–Crippen LogP) is 2.93. The smallest absolute Gasteiger partial charge is 0.279 e. The van der Waals surface area contributed by atoms with Crippen molar-refractivity contribution in [3.05, 3.63) is 64.7 Å². The topological polar surface area (TPSA) is 87.2 Å². The molecular weight excluding hydrogens is 405 g/mol. The summed E-state index contributed by atoms with van der Waals surface area (Å²) in [6.45, 7) is 0.339. The average Bonchev–Trinajstić information content (AvgIpc) is 2.65. The molecular formula is C18H19ClFN5O2S. The number of rotatable bonds is 7. The lowest BCUT2D eigenvalue weighted by molar-refractivity contribution is 0.504. The van der Waals surface area contributed by atoms with Crippen molar-refractivity contribution < 1.29 is 12.8 Å². The van der Waals surface area contributed by atoms with E-state index in [2.05, 4.69) is 20.0 Å². The summed E-state index contributed by atoms with van der Waals surface area (Å²) in [6.07, 6.45) is 0. The number of anilines is 1. The molecule has 0 atom stereocenters. The largest absolute Gasteiger partial charge is 0.365 e. The maximum atomic E-state index is 13.1. The van der Waals surface area contributed by atoms with Crippen LogP contribution in [-0.4, -0.2) is 36.8 Å². The second-order valence-electron chi connectivity index (χ2n) is 6.24. The average molecular weight is 424 g/mol. The Hall–Kier alpha value is -2.33. The van der Waals surface area contributed by atoms with E-state index in [-0.39, 0.29) is 12.4 Å². The van der Waals surface area contributed by atoms with E-state index in [1.807, 2.05) is 0 Å². The summed E-state index contributed by atoms with van der Waals surface area (Å²) in [5.41, 5.74) is 1.46. The number of nitrogens with zero attached hydrogens (tertiary/aromatic N) is 3. The molecule has 0 spiro atoms. The maximum Gasteiger partial charge on any atom is 0.279 e. The summed E-state index contributed by atoms with van der Waals surface area (Å²) >= 11 is 6.07. The third-order valence-electron chi connectivity index (χ3n) is 3.97. The number of hydrogen-bond donors (Lipinski definition) is 2. The van der Waals surface area contributed by atoms with Crippen LogP contribution in [0.5, 0.6) is 0 Å². The van der Waals surface area contributed by atoms with Gasteiger partial charge < -0.3 is 5.32 Å². The number of benzene rings is 2. The van der Waals surface area contributed by atoms with E-state index in [0.29, 0.717) is 28.7 Å². The lowest BCUT2D eigenvalue weighted by atomic mass is 10.2. The monoisotopic (exact) mass is 423 g/mol. The molecule has 0 aliphatic heterocycles. The van der Waals surface area contributed by atoms with Gasteiger partial charge in [-0.3, -0.25) is 0 Å². The molecule has 0 bridgehead atoms. The van der Waals surface area contributed by atoms with Crippen LogP contribution in [0.1, 0.15) is 11.4 Å². The molecule has 7 nitrogen and oxygen atoms in total. The van der Waals surface area contributed by atoms with Crippen molar-refractivity contribution in [3.63, 3.8) is 0 Å². The van der Waals surface area contributed by atoms with E-state index in [1.165, 1.54) is 26.2 Å². The zero-order valence-corrected chi connectivity index (χ0v) is 16.9. The first kappa shape index (κ1) is 20.4. The quantitative estimate of drug-likeness (QED) is 0.610. The van der Waals surface area contributed by atoms with E-state index in [4.69, 9.17) is 11.6 Å². The van der Waals surface area contributed by atoms with E-state index < -0.39 is 10.2 Å². The van der Waals surface area contributed by atoms with Crippen LogP contribution >= 0.6 is 11.6 Å². The van der Waals surface area contributed by atoms with Gasteiger partial charge in [-0.1, -0.05) is 23.7 Å². The van der Waals surface area contributed by atoms with Crippen molar-refractivity contribution >= 4 is 38.5 Å². The number of nitrogens with one attached hydrogen (secondary N) is 2. The molecule has 0 amide bonds. The maximum absolute atomic E-state index is 13.1. The zero-order valence-electron chi connectivity index (χ0n) is 15.3. The zero-order chi connectivity index (χ0) is 20.3. The second kappa shape index (κ2) is 8.36. The van der Waals surface area contributed by atoms with Crippen molar-refractivity contribution in [3.8, 4) is 0 Å². The molecule has 2 aromatic carbocycles. The first-order chi connectivity index (χ1) is 13.2. The summed E-state index contributed by atoms with van der Waals surface area (Å²) in [5.74, 6) is 0.521. The first-order valence-corrected chi connectivity index (χ1v) is 10.2. The van der Waals surface area contributed by atoms with Gasteiger partial charge in [-0.15, -0.1) is 0 Å². The fourth-order valence-electron chi connectivity index (χ4n) is 2.44. The summed E-state index contributed by atoms with van der Waals surface area (Å²) < 4.78 is 40.4. The Morgan fingerprint density at radius 1 is 1.07 bits per heavy atom. The van der Waals surface area contributed by atoms with Crippen molar-refractivity contribution in [1.82, 2.24) is 19.0 Å². The molecule has 28 heavy (non-hydrogen) atoms. The Morgan fingerprint density at radius 3 is 2.46 bits per heavy atom. The van der Waals surface area contributed by atoms with Crippen molar-refractivity contribution in [2.45, 2.75) is 13.1 Å². The van der Waals surface area contributed by atoms with Crippen LogP contribution < -0.4 is 10.0 Å². The minimum Gasteiger partial charge on any atom is -0.365 e. The van der Waals surface area contributed by atoms with Crippen molar-refractivity contribution in [1.29, 1.82) is 0 Å². The lowest BCUT2D eigenvalue weighted by Crippen LogP contribution is -2.35. The van der Waals surface area contributed by atoms with Crippen molar-refractivity contribution in [2.24, 2.45) is 0 Å². The lowest BCUT2D eigenvalue weighted by Gasteiger charge is -2.14. The summed E-state index contributed by atoms with van der Waals surface area (Å²) in [6, 6.07) is 11.3. The molecule has 10 heteroatoms. The normalized spacial score (nSPS) is 11.9. The molecule has 3 rings (SSSR count). The van der Waals surface area contributed by atoms with Gasteiger partial charge in [0.25, 0.3) is 10.2 Å². The fourth-order valence-corrected chi connectivity index (χ4v) is 3.17. The fraction of sp³-hybridized carbons (Fsp3) is 0.222. The van der Waals surface area contributed by atoms with Gasteiger partial charge in [0.2, 0.25) is 0 Å². The third-order valence-corrected chi connectivity index (χ3v) is 5.68. The highest BCUT2D eigenvalue weighted by molar-refractivity contribution is 7.87. The molecule has 148 valence electrons. The molecule has 0 aliphatic rings. The predicted molar refractivity (Wildman–Crippen MR) is 108 cm³/mol. The number of hydrogen-bond acceptors (Lipinski definition) is 5.